The number of pyridine rings is 2. The van der Waals surface area contributed by atoms with Crippen molar-refractivity contribution in [1.29, 1.82) is 0 Å². The van der Waals surface area contributed by atoms with Crippen LogP contribution in [-0.4, -0.2) is 22.0 Å². The van der Waals surface area contributed by atoms with E-state index in [1.165, 1.54) is 6.20 Å². The number of aryl methyl sites for hydroxylation is 1. The van der Waals surface area contributed by atoms with Crippen molar-refractivity contribution in [3.8, 4) is 5.88 Å². The van der Waals surface area contributed by atoms with Gasteiger partial charge in [-0.1, -0.05) is 6.07 Å². The second-order valence-corrected chi connectivity index (χ2v) is 4.18. The average molecular weight is 274 g/mol. The molecule has 2 rings (SSSR count). The highest BCUT2D eigenvalue weighted by atomic mass is 16.6. The van der Waals surface area contributed by atoms with Gasteiger partial charge >= 0.3 is 0 Å². The molecule has 7 nitrogen and oxygen atoms in total. The van der Waals surface area contributed by atoms with E-state index in [-0.39, 0.29) is 5.69 Å². The van der Waals surface area contributed by atoms with Gasteiger partial charge in [0.2, 0.25) is 5.88 Å². The first-order chi connectivity index (χ1) is 9.60. The Morgan fingerprint density at radius 3 is 2.70 bits per heavy atom. The van der Waals surface area contributed by atoms with Crippen LogP contribution in [0.25, 0.3) is 0 Å². The van der Waals surface area contributed by atoms with Crippen LogP contribution in [0.15, 0.2) is 30.6 Å². The number of nitro groups is 1. The minimum atomic E-state index is -0.445. The van der Waals surface area contributed by atoms with Gasteiger partial charge in [-0.15, -0.1) is 0 Å². The topological polar surface area (TPSA) is 90.2 Å². The van der Waals surface area contributed by atoms with Gasteiger partial charge in [-0.2, -0.15) is 0 Å². The predicted octanol–water partition coefficient (Wildman–Crippen LogP) is 2.31. The predicted molar refractivity (Wildman–Crippen MR) is 73.7 cm³/mol. The maximum absolute atomic E-state index is 10.7. The molecule has 0 aromatic carbocycles. The lowest BCUT2D eigenvalue weighted by molar-refractivity contribution is -0.385. The Bertz CT molecular complexity index is 614. The van der Waals surface area contributed by atoms with Crippen molar-refractivity contribution < 1.29 is 9.66 Å². The third-order valence-corrected chi connectivity index (χ3v) is 2.76. The molecule has 1 N–H and O–H groups in total. The summed E-state index contributed by atoms with van der Waals surface area (Å²) in [4.78, 5) is 18.4. The van der Waals surface area contributed by atoms with Crippen LogP contribution in [0.4, 0.5) is 11.5 Å². The molecule has 0 fully saturated rings. The molecule has 0 aliphatic heterocycles. The largest absolute Gasteiger partial charge is 0.481 e. The standard InChI is InChI=1S/C13H14N4O3/c1-9-5-12(15-8-11(9)17(18)19)14-6-10-3-4-13(20-2)16-7-10/h3-5,7-8H,6H2,1-2H3,(H,14,15). The molecule has 0 aliphatic rings. The molecule has 0 unspecified atom stereocenters. The van der Waals surface area contributed by atoms with Crippen molar-refractivity contribution >= 4 is 11.5 Å². The summed E-state index contributed by atoms with van der Waals surface area (Å²) < 4.78 is 4.98. The molecule has 7 heteroatoms. The lowest BCUT2D eigenvalue weighted by atomic mass is 10.2. The van der Waals surface area contributed by atoms with Gasteiger partial charge in [0.25, 0.3) is 5.69 Å². The van der Waals surface area contributed by atoms with Crippen LogP contribution in [0.1, 0.15) is 11.1 Å². The van der Waals surface area contributed by atoms with Gasteiger partial charge in [0, 0.05) is 24.4 Å². The van der Waals surface area contributed by atoms with E-state index in [1.807, 2.05) is 6.07 Å². The molecular formula is C13H14N4O3. The molecule has 0 spiro atoms. The molecule has 0 radical (unpaired) electrons. The van der Waals surface area contributed by atoms with Crippen molar-refractivity contribution in [1.82, 2.24) is 9.97 Å². The number of methoxy groups -OCH3 is 1. The molecule has 0 aliphatic carbocycles. The van der Waals surface area contributed by atoms with Crippen LogP contribution in [0.5, 0.6) is 5.88 Å². The van der Waals surface area contributed by atoms with Gasteiger partial charge in [0.15, 0.2) is 0 Å². The highest BCUT2D eigenvalue weighted by Gasteiger charge is 2.11. The molecule has 0 saturated carbocycles. The number of ether oxygens (including phenoxy) is 1. The van der Waals surface area contributed by atoms with Crippen molar-refractivity contribution in [3.63, 3.8) is 0 Å². The summed E-state index contributed by atoms with van der Waals surface area (Å²) in [6.45, 7) is 2.21. The Balaban J connectivity index is 2.03. The van der Waals surface area contributed by atoms with Gasteiger partial charge in [0.05, 0.1) is 12.0 Å². The van der Waals surface area contributed by atoms with Crippen LogP contribution in [-0.2, 0) is 6.54 Å². The number of hydrogen-bond donors (Lipinski definition) is 1. The fourth-order valence-electron chi connectivity index (χ4n) is 1.67. The van der Waals surface area contributed by atoms with E-state index in [0.29, 0.717) is 23.8 Å². The number of nitrogens with zero attached hydrogens (tertiary/aromatic N) is 3. The third-order valence-electron chi connectivity index (χ3n) is 2.76. The van der Waals surface area contributed by atoms with E-state index in [4.69, 9.17) is 4.74 Å². The normalized spacial score (nSPS) is 10.1. The summed E-state index contributed by atoms with van der Waals surface area (Å²) in [5, 5.41) is 13.8. The van der Waals surface area contributed by atoms with Gasteiger partial charge in [0.1, 0.15) is 12.0 Å². The van der Waals surface area contributed by atoms with Crippen molar-refractivity contribution in [2.45, 2.75) is 13.5 Å². The van der Waals surface area contributed by atoms with Crippen molar-refractivity contribution in [2.75, 3.05) is 12.4 Å². The van der Waals surface area contributed by atoms with Crippen molar-refractivity contribution in [3.05, 3.63) is 51.8 Å². The molecule has 0 atom stereocenters. The Morgan fingerprint density at radius 1 is 1.35 bits per heavy atom. The highest BCUT2D eigenvalue weighted by molar-refractivity contribution is 5.47. The Labute approximate surface area is 115 Å². The lowest BCUT2D eigenvalue weighted by Gasteiger charge is -2.07. The summed E-state index contributed by atoms with van der Waals surface area (Å²) >= 11 is 0. The monoisotopic (exact) mass is 274 g/mol. The zero-order valence-electron chi connectivity index (χ0n) is 11.2. The summed E-state index contributed by atoms with van der Waals surface area (Å²) in [5.41, 5.74) is 1.55. The molecule has 20 heavy (non-hydrogen) atoms. The van der Waals surface area contributed by atoms with E-state index in [1.54, 1.807) is 32.4 Å². The molecule has 0 saturated heterocycles. The Morgan fingerprint density at radius 2 is 2.15 bits per heavy atom. The second-order valence-electron chi connectivity index (χ2n) is 4.18. The van der Waals surface area contributed by atoms with E-state index in [2.05, 4.69) is 15.3 Å². The number of nitrogens with one attached hydrogen (secondary N) is 1. The number of aromatic nitrogens is 2. The van der Waals surface area contributed by atoms with Crippen LogP contribution < -0.4 is 10.1 Å². The maximum atomic E-state index is 10.7. The Kier molecular flexibility index (Phi) is 4.09. The number of hydrogen-bond acceptors (Lipinski definition) is 6. The zero-order valence-corrected chi connectivity index (χ0v) is 11.2. The van der Waals surface area contributed by atoms with Crippen LogP contribution >= 0.6 is 0 Å². The summed E-state index contributed by atoms with van der Waals surface area (Å²) in [6.07, 6.45) is 2.95. The SMILES string of the molecule is COc1ccc(CNc2cc(C)c([N+](=O)[O-])cn2)cn1. The van der Waals surface area contributed by atoms with Crippen LogP contribution in [0.2, 0.25) is 0 Å². The van der Waals surface area contributed by atoms with Crippen LogP contribution in [0, 0.1) is 17.0 Å². The quantitative estimate of drug-likeness (QED) is 0.664. The summed E-state index contributed by atoms with van der Waals surface area (Å²) in [6, 6.07) is 5.30. The highest BCUT2D eigenvalue weighted by Crippen LogP contribution is 2.19. The summed E-state index contributed by atoms with van der Waals surface area (Å²) in [7, 11) is 1.56. The molecule has 2 aromatic heterocycles. The first kappa shape index (κ1) is 13.7. The van der Waals surface area contributed by atoms with E-state index in [9.17, 15) is 10.1 Å². The molecule has 0 bridgehead atoms. The third kappa shape index (κ3) is 3.19. The van der Waals surface area contributed by atoms with E-state index < -0.39 is 4.92 Å². The molecular weight excluding hydrogens is 260 g/mol. The minimum Gasteiger partial charge on any atom is -0.481 e. The smallest absolute Gasteiger partial charge is 0.290 e. The van der Waals surface area contributed by atoms with Gasteiger partial charge < -0.3 is 10.1 Å². The van der Waals surface area contributed by atoms with E-state index in [0.717, 1.165) is 5.56 Å². The second kappa shape index (κ2) is 5.96. The fraction of sp³-hybridized carbons (Fsp3) is 0.231. The van der Waals surface area contributed by atoms with Gasteiger partial charge in [-0.05, 0) is 18.6 Å². The zero-order chi connectivity index (χ0) is 14.5. The number of rotatable bonds is 5. The average Bonchev–Trinajstić information content (AvgIpc) is 2.45. The first-order valence-electron chi connectivity index (χ1n) is 5.94. The minimum absolute atomic E-state index is 0.0154. The molecule has 0 amide bonds. The van der Waals surface area contributed by atoms with Gasteiger partial charge in [-0.25, -0.2) is 9.97 Å². The Hall–Kier alpha value is -2.70. The molecule has 2 aromatic rings. The summed E-state index contributed by atoms with van der Waals surface area (Å²) in [5.74, 6) is 1.14. The van der Waals surface area contributed by atoms with Gasteiger partial charge in [-0.3, -0.25) is 10.1 Å². The van der Waals surface area contributed by atoms with Crippen LogP contribution in [0.3, 0.4) is 0 Å². The fourth-order valence-corrected chi connectivity index (χ4v) is 1.67. The maximum Gasteiger partial charge on any atom is 0.290 e. The van der Waals surface area contributed by atoms with E-state index >= 15 is 0 Å². The lowest BCUT2D eigenvalue weighted by Crippen LogP contribution is -2.03. The molecule has 104 valence electrons. The number of anilines is 1. The van der Waals surface area contributed by atoms with Crippen molar-refractivity contribution in [2.24, 2.45) is 0 Å². The first-order valence-corrected chi connectivity index (χ1v) is 5.94. The molecule has 2 heterocycles.